The van der Waals surface area contributed by atoms with Crippen LogP contribution in [0.5, 0.6) is 11.5 Å². The highest BCUT2D eigenvalue weighted by atomic mass is 35.5. The fourth-order valence-corrected chi connectivity index (χ4v) is 5.68. The summed E-state index contributed by atoms with van der Waals surface area (Å²) in [6.45, 7) is 5.90. The van der Waals surface area contributed by atoms with Crippen LogP contribution in [0.2, 0.25) is 5.02 Å². The van der Waals surface area contributed by atoms with E-state index < -0.39 is 10.0 Å². The number of hydrogen-bond acceptors (Lipinski definition) is 9. The molecule has 0 bridgehead atoms. The largest absolute Gasteiger partial charge is 0.494 e. The van der Waals surface area contributed by atoms with E-state index in [1.807, 2.05) is 32.0 Å². The van der Waals surface area contributed by atoms with Crippen LogP contribution in [0, 0.1) is 5.92 Å². The smallest absolute Gasteiger partial charge is 0.242 e. The van der Waals surface area contributed by atoms with Gasteiger partial charge in [0.2, 0.25) is 16.0 Å². The van der Waals surface area contributed by atoms with Gasteiger partial charge in [-0.1, -0.05) is 37.6 Å². The van der Waals surface area contributed by atoms with Gasteiger partial charge in [0, 0.05) is 18.7 Å². The highest BCUT2D eigenvalue weighted by Crippen LogP contribution is 2.33. The summed E-state index contributed by atoms with van der Waals surface area (Å²) in [5, 5.41) is 6.43. The van der Waals surface area contributed by atoms with E-state index in [9.17, 15) is 8.42 Å². The van der Waals surface area contributed by atoms with Crippen molar-refractivity contribution >= 4 is 44.8 Å². The minimum atomic E-state index is -3.75. The molecule has 0 spiro atoms. The zero-order valence-corrected chi connectivity index (χ0v) is 24.1. The molecular weight excluding hydrogens is 540 g/mol. The van der Waals surface area contributed by atoms with Crippen LogP contribution >= 0.6 is 11.6 Å². The number of anilines is 4. The number of sulfonamides is 1. The van der Waals surface area contributed by atoms with Gasteiger partial charge in [0.05, 0.1) is 24.7 Å². The number of nitrogens with one attached hydrogen (secondary N) is 3. The Morgan fingerprint density at radius 1 is 1.15 bits per heavy atom. The van der Waals surface area contributed by atoms with Crippen molar-refractivity contribution in [3.05, 3.63) is 53.7 Å². The number of aromatic nitrogens is 2. The van der Waals surface area contributed by atoms with Crippen LogP contribution in [0.3, 0.4) is 0 Å². The van der Waals surface area contributed by atoms with Crippen LogP contribution in [0.4, 0.5) is 23.1 Å². The molecule has 10 nitrogen and oxygen atoms in total. The normalized spacial score (nSPS) is 15.9. The molecule has 0 unspecified atom stereocenters. The van der Waals surface area contributed by atoms with E-state index in [2.05, 4.69) is 37.3 Å². The van der Waals surface area contributed by atoms with Crippen LogP contribution < -0.4 is 24.8 Å². The SMILES string of the molecule is COc1cc(OC[C@@H]2CCCN2C)ccc1Nc1ncc(Cl)c(Nc2ccccc2S(=O)(=O)NCC(C)C)n1. The third-order valence-electron chi connectivity index (χ3n) is 6.39. The molecule has 12 heteroatoms. The Bertz CT molecular complexity index is 1390. The molecule has 3 aromatic rings. The average Bonchev–Trinajstić information content (AvgIpc) is 3.33. The number of ether oxygens (including phenoxy) is 2. The molecule has 1 aliphatic heterocycles. The van der Waals surface area contributed by atoms with Gasteiger partial charge < -0.3 is 25.0 Å². The predicted octanol–water partition coefficient (Wildman–Crippen LogP) is 5.03. The van der Waals surface area contributed by atoms with E-state index in [0.29, 0.717) is 42.1 Å². The van der Waals surface area contributed by atoms with Gasteiger partial charge in [-0.15, -0.1) is 0 Å². The quantitative estimate of drug-likeness (QED) is 0.273. The van der Waals surface area contributed by atoms with Crippen molar-refractivity contribution in [1.82, 2.24) is 19.6 Å². The second kappa shape index (κ2) is 12.8. The Morgan fingerprint density at radius 2 is 1.95 bits per heavy atom. The number of methoxy groups -OCH3 is 1. The van der Waals surface area contributed by atoms with E-state index in [0.717, 1.165) is 13.0 Å². The first-order valence-electron chi connectivity index (χ1n) is 12.8. The lowest BCUT2D eigenvalue weighted by Gasteiger charge is -2.20. The summed E-state index contributed by atoms with van der Waals surface area (Å²) < 4.78 is 40.1. The number of benzene rings is 2. The third-order valence-corrected chi connectivity index (χ3v) is 8.15. The van der Waals surface area contributed by atoms with Gasteiger partial charge in [-0.05, 0) is 56.6 Å². The van der Waals surface area contributed by atoms with Crippen LogP contribution in [0.1, 0.15) is 26.7 Å². The Morgan fingerprint density at radius 3 is 2.67 bits per heavy atom. The van der Waals surface area contributed by atoms with Gasteiger partial charge in [-0.3, -0.25) is 0 Å². The molecule has 0 saturated carbocycles. The lowest BCUT2D eigenvalue weighted by atomic mass is 10.2. The second-order valence-electron chi connectivity index (χ2n) is 9.83. The first-order chi connectivity index (χ1) is 18.7. The Kier molecular flexibility index (Phi) is 9.49. The third kappa shape index (κ3) is 7.51. The standard InChI is InChI=1S/C27H35ClN6O4S/c1-18(2)15-30-39(35,36)25-10-6-5-9-23(25)31-26-21(28)16-29-27(33-26)32-22-12-11-20(14-24(22)37-4)38-17-19-8-7-13-34(19)3/h5-6,9-12,14,16,18-19,30H,7-8,13,15,17H2,1-4H3,(H2,29,31,32,33)/t19-/m0/s1. The zero-order valence-electron chi connectivity index (χ0n) is 22.6. The highest BCUT2D eigenvalue weighted by Gasteiger charge is 2.22. The molecule has 1 atom stereocenters. The first kappa shape index (κ1) is 28.9. The Balaban J connectivity index is 1.51. The summed E-state index contributed by atoms with van der Waals surface area (Å²) in [4.78, 5) is 11.2. The molecule has 210 valence electrons. The molecule has 0 aliphatic carbocycles. The Hall–Kier alpha value is -3.12. The molecule has 1 aliphatic rings. The van der Waals surface area contributed by atoms with Gasteiger partial charge in [-0.2, -0.15) is 4.98 Å². The number of likely N-dealkylation sites (tertiary alicyclic amines) is 1. The van der Waals surface area contributed by atoms with Gasteiger partial charge in [0.15, 0.2) is 5.82 Å². The van der Waals surface area contributed by atoms with Crippen molar-refractivity contribution in [3.8, 4) is 11.5 Å². The summed E-state index contributed by atoms with van der Waals surface area (Å²) in [5.41, 5.74) is 0.976. The van der Waals surface area contributed by atoms with Gasteiger partial charge in [-0.25, -0.2) is 18.1 Å². The average molecular weight is 575 g/mol. The van der Waals surface area contributed by atoms with Crippen molar-refractivity contribution in [1.29, 1.82) is 0 Å². The number of rotatable bonds is 12. The van der Waals surface area contributed by atoms with Gasteiger partial charge in [0.1, 0.15) is 28.0 Å². The molecule has 2 aromatic carbocycles. The number of nitrogens with zero attached hydrogens (tertiary/aromatic N) is 3. The maximum Gasteiger partial charge on any atom is 0.242 e. The molecule has 39 heavy (non-hydrogen) atoms. The lowest BCUT2D eigenvalue weighted by molar-refractivity contribution is 0.198. The van der Waals surface area contributed by atoms with E-state index in [-0.39, 0.29) is 27.6 Å². The highest BCUT2D eigenvalue weighted by molar-refractivity contribution is 7.89. The van der Waals surface area contributed by atoms with E-state index in [4.69, 9.17) is 21.1 Å². The van der Waals surface area contributed by atoms with Crippen LogP contribution in [-0.4, -0.2) is 63.2 Å². The summed E-state index contributed by atoms with van der Waals surface area (Å²) in [5.74, 6) is 1.94. The molecule has 0 amide bonds. The number of halogens is 1. The second-order valence-corrected chi connectivity index (χ2v) is 12.0. The van der Waals surface area contributed by atoms with Crippen molar-refractivity contribution < 1.29 is 17.9 Å². The van der Waals surface area contributed by atoms with Crippen LogP contribution in [0.25, 0.3) is 0 Å². The molecule has 1 saturated heterocycles. The summed E-state index contributed by atoms with van der Waals surface area (Å²) in [7, 11) is -0.0548. The summed E-state index contributed by atoms with van der Waals surface area (Å²) in [6, 6.07) is 12.5. The van der Waals surface area contributed by atoms with E-state index in [1.165, 1.54) is 18.7 Å². The van der Waals surface area contributed by atoms with Crippen LogP contribution in [0.15, 0.2) is 53.6 Å². The van der Waals surface area contributed by atoms with Gasteiger partial charge in [0.25, 0.3) is 0 Å². The van der Waals surface area contributed by atoms with E-state index in [1.54, 1.807) is 25.3 Å². The topological polar surface area (TPSA) is 118 Å². The van der Waals surface area contributed by atoms with E-state index >= 15 is 0 Å². The number of para-hydroxylation sites is 1. The van der Waals surface area contributed by atoms with Crippen molar-refractivity contribution in [2.75, 3.05) is 44.5 Å². The monoisotopic (exact) mass is 574 g/mol. The first-order valence-corrected chi connectivity index (χ1v) is 14.7. The fraction of sp³-hybridized carbons (Fsp3) is 0.407. The lowest BCUT2D eigenvalue weighted by Crippen LogP contribution is -2.30. The van der Waals surface area contributed by atoms with Crippen molar-refractivity contribution in [3.63, 3.8) is 0 Å². The summed E-state index contributed by atoms with van der Waals surface area (Å²) >= 11 is 6.37. The fourth-order valence-electron chi connectivity index (χ4n) is 4.17. The van der Waals surface area contributed by atoms with Crippen molar-refractivity contribution in [2.45, 2.75) is 37.6 Å². The molecule has 1 aromatic heterocycles. The Labute approximate surface area is 235 Å². The van der Waals surface area contributed by atoms with Gasteiger partial charge >= 0.3 is 0 Å². The van der Waals surface area contributed by atoms with Crippen LogP contribution in [-0.2, 0) is 10.0 Å². The minimum absolute atomic E-state index is 0.0934. The maximum absolute atomic E-state index is 12.9. The number of hydrogen-bond donors (Lipinski definition) is 3. The molecular formula is C27H35ClN6O4S. The molecule has 0 radical (unpaired) electrons. The predicted molar refractivity (Wildman–Crippen MR) is 154 cm³/mol. The molecule has 3 N–H and O–H groups in total. The van der Waals surface area contributed by atoms with Crippen molar-refractivity contribution in [2.24, 2.45) is 5.92 Å². The molecule has 1 fully saturated rings. The number of likely N-dealkylation sites (N-methyl/N-ethyl adjacent to an activating group) is 1. The zero-order chi connectivity index (χ0) is 28.0. The summed E-state index contributed by atoms with van der Waals surface area (Å²) in [6.07, 6.45) is 3.75. The minimum Gasteiger partial charge on any atom is -0.494 e. The maximum atomic E-state index is 12.9. The molecule has 2 heterocycles. The molecule has 4 rings (SSSR count).